The highest BCUT2D eigenvalue weighted by atomic mass is 16.7. The summed E-state index contributed by atoms with van der Waals surface area (Å²) in [6, 6.07) is 0. The molecule has 2 unspecified atom stereocenters. The van der Waals surface area contributed by atoms with E-state index in [1.807, 2.05) is 6.92 Å². The summed E-state index contributed by atoms with van der Waals surface area (Å²) in [7, 11) is 1.62. The fraction of sp³-hybridized carbons (Fsp3) is 0.909. The number of rotatable bonds is 6. The molecular weight excluding hydrogens is 212 g/mol. The van der Waals surface area contributed by atoms with Crippen molar-refractivity contribution < 1.29 is 23.7 Å². The predicted octanol–water partition coefficient (Wildman–Crippen LogP) is 1.11. The van der Waals surface area contributed by atoms with Gasteiger partial charge in [-0.15, -0.1) is 0 Å². The third kappa shape index (κ3) is 4.08. The first-order valence-electron chi connectivity index (χ1n) is 5.56. The van der Waals surface area contributed by atoms with Crippen LogP contribution in [0.2, 0.25) is 0 Å². The molecule has 0 aromatic rings. The zero-order valence-corrected chi connectivity index (χ0v) is 10.2. The second-order valence-electron chi connectivity index (χ2n) is 3.95. The van der Waals surface area contributed by atoms with Crippen molar-refractivity contribution >= 4 is 5.97 Å². The Kier molecular flexibility index (Phi) is 5.18. The van der Waals surface area contributed by atoms with Crippen LogP contribution in [-0.4, -0.2) is 44.8 Å². The van der Waals surface area contributed by atoms with Crippen molar-refractivity contribution in [2.45, 2.75) is 38.6 Å². The van der Waals surface area contributed by atoms with Gasteiger partial charge in [-0.2, -0.15) is 0 Å². The topological polar surface area (TPSA) is 54.0 Å². The highest BCUT2D eigenvalue weighted by molar-refractivity contribution is 5.69. The van der Waals surface area contributed by atoms with Gasteiger partial charge in [0, 0.05) is 13.5 Å². The van der Waals surface area contributed by atoms with E-state index in [4.69, 9.17) is 18.9 Å². The van der Waals surface area contributed by atoms with E-state index < -0.39 is 5.79 Å². The van der Waals surface area contributed by atoms with Gasteiger partial charge < -0.3 is 18.9 Å². The average Bonchev–Trinajstić information content (AvgIpc) is 2.60. The number of carbonyl (C=O) groups excluding carboxylic acids is 1. The van der Waals surface area contributed by atoms with Crippen LogP contribution in [0.25, 0.3) is 0 Å². The quantitative estimate of drug-likeness (QED) is 0.642. The van der Waals surface area contributed by atoms with Crippen LogP contribution in [0.4, 0.5) is 0 Å². The Labute approximate surface area is 96.0 Å². The minimum Gasteiger partial charge on any atom is -0.466 e. The van der Waals surface area contributed by atoms with E-state index in [-0.39, 0.29) is 12.1 Å². The first-order chi connectivity index (χ1) is 7.59. The Hall–Kier alpha value is -0.650. The van der Waals surface area contributed by atoms with Gasteiger partial charge in [0.2, 0.25) is 0 Å². The van der Waals surface area contributed by atoms with Gasteiger partial charge in [-0.05, 0) is 13.8 Å². The molecule has 0 aromatic carbocycles. The third-order valence-electron chi connectivity index (χ3n) is 2.43. The minimum atomic E-state index is -0.685. The Morgan fingerprint density at radius 3 is 2.94 bits per heavy atom. The molecule has 1 aliphatic heterocycles. The normalized spacial score (nSPS) is 29.3. The SMILES string of the molecule is CCOC(=O)CCC1(C)OCC(COC)O1. The number of hydrogen-bond donors (Lipinski definition) is 0. The molecule has 1 rings (SSSR count). The van der Waals surface area contributed by atoms with Crippen LogP contribution in [-0.2, 0) is 23.7 Å². The minimum absolute atomic E-state index is 0.0443. The summed E-state index contributed by atoms with van der Waals surface area (Å²) in [6.07, 6.45) is 0.771. The molecule has 1 fully saturated rings. The molecule has 0 radical (unpaired) electrons. The first-order valence-corrected chi connectivity index (χ1v) is 5.56. The summed E-state index contributed by atoms with van der Waals surface area (Å²) in [5.41, 5.74) is 0. The summed E-state index contributed by atoms with van der Waals surface area (Å²) in [5.74, 6) is -0.901. The molecule has 0 aliphatic carbocycles. The smallest absolute Gasteiger partial charge is 0.305 e. The van der Waals surface area contributed by atoms with Crippen molar-refractivity contribution in [3.8, 4) is 0 Å². The summed E-state index contributed by atoms with van der Waals surface area (Å²) in [6.45, 7) is 5.05. The fourth-order valence-electron chi connectivity index (χ4n) is 1.65. The molecule has 0 amide bonds. The van der Waals surface area contributed by atoms with Crippen LogP contribution < -0.4 is 0 Å². The van der Waals surface area contributed by atoms with Crippen LogP contribution in [0.15, 0.2) is 0 Å². The lowest BCUT2D eigenvalue weighted by atomic mass is 10.2. The van der Waals surface area contributed by atoms with Crippen molar-refractivity contribution in [2.24, 2.45) is 0 Å². The van der Waals surface area contributed by atoms with Crippen molar-refractivity contribution in [1.82, 2.24) is 0 Å². The van der Waals surface area contributed by atoms with Gasteiger partial charge in [0.15, 0.2) is 5.79 Å². The second kappa shape index (κ2) is 6.18. The molecule has 1 heterocycles. The van der Waals surface area contributed by atoms with E-state index in [0.29, 0.717) is 32.7 Å². The molecule has 1 aliphatic rings. The lowest BCUT2D eigenvalue weighted by molar-refractivity contribution is -0.170. The summed E-state index contributed by atoms with van der Waals surface area (Å²) < 4.78 is 21.0. The molecule has 5 nitrogen and oxygen atoms in total. The van der Waals surface area contributed by atoms with E-state index in [9.17, 15) is 4.79 Å². The third-order valence-corrected chi connectivity index (χ3v) is 2.43. The van der Waals surface area contributed by atoms with Gasteiger partial charge >= 0.3 is 5.97 Å². The highest BCUT2D eigenvalue weighted by Crippen LogP contribution is 2.28. The molecule has 0 saturated carbocycles. The highest BCUT2D eigenvalue weighted by Gasteiger charge is 2.37. The molecule has 94 valence electrons. The monoisotopic (exact) mass is 232 g/mol. The molecule has 2 atom stereocenters. The van der Waals surface area contributed by atoms with Crippen LogP contribution in [0.3, 0.4) is 0 Å². The fourth-order valence-corrected chi connectivity index (χ4v) is 1.65. The van der Waals surface area contributed by atoms with Crippen LogP contribution in [0.5, 0.6) is 0 Å². The predicted molar refractivity (Wildman–Crippen MR) is 57.0 cm³/mol. The van der Waals surface area contributed by atoms with Crippen molar-refractivity contribution in [3.63, 3.8) is 0 Å². The van der Waals surface area contributed by atoms with Gasteiger partial charge in [-0.1, -0.05) is 0 Å². The molecule has 0 bridgehead atoms. The van der Waals surface area contributed by atoms with E-state index in [1.54, 1.807) is 14.0 Å². The lowest BCUT2D eigenvalue weighted by Crippen LogP contribution is -2.29. The Bertz CT molecular complexity index is 230. The summed E-state index contributed by atoms with van der Waals surface area (Å²) >= 11 is 0. The maximum atomic E-state index is 11.2. The number of esters is 1. The van der Waals surface area contributed by atoms with Crippen molar-refractivity contribution in [1.29, 1.82) is 0 Å². The Morgan fingerprint density at radius 2 is 2.31 bits per heavy atom. The first kappa shape index (κ1) is 13.4. The van der Waals surface area contributed by atoms with Gasteiger partial charge in [0.1, 0.15) is 6.10 Å². The zero-order valence-electron chi connectivity index (χ0n) is 10.2. The molecule has 16 heavy (non-hydrogen) atoms. The van der Waals surface area contributed by atoms with Crippen molar-refractivity contribution in [2.75, 3.05) is 26.9 Å². The number of hydrogen-bond acceptors (Lipinski definition) is 5. The number of carbonyl (C=O) groups is 1. The van der Waals surface area contributed by atoms with Crippen LogP contribution in [0.1, 0.15) is 26.7 Å². The van der Waals surface area contributed by atoms with E-state index in [2.05, 4.69) is 0 Å². The molecule has 0 N–H and O–H groups in total. The average molecular weight is 232 g/mol. The summed E-state index contributed by atoms with van der Waals surface area (Å²) in [4.78, 5) is 11.2. The standard InChI is InChI=1S/C11H20O5/c1-4-14-10(12)5-6-11(2)15-8-9(16-11)7-13-3/h9H,4-8H2,1-3H3. The van der Waals surface area contributed by atoms with E-state index in [0.717, 1.165) is 0 Å². The van der Waals surface area contributed by atoms with Crippen LogP contribution in [0, 0.1) is 0 Å². The molecular formula is C11H20O5. The zero-order chi connectivity index (χ0) is 12.0. The van der Waals surface area contributed by atoms with Crippen molar-refractivity contribution in [3.05, 3.63) is 0 Å². The van der Waals surface area contributed by atoms with E-state index in [1.165, 1.54) is 0 Å². The van der Waals surface area contributed by atoms with Crippen LogP contribution >= 0.6 is 0 Å². The van der Waals surface area contributed by atoms with Gasteiger partial charge in [0.05, 0.1) is 26.2 Å². The van der Waals surface area contributed by atoms with E-state index >= 15 is 0 Å². The number of methoxy groups -OCH3 is 1. The maximum absolute atomic E-state index is 11.2. The summed E-state index contributed by atoms with van der Waals surface area (Å²) in [5, 5.41) is 0. The molecule has 0 aromatic heterocycles. The van der Waals surface area contributed by atoms with Gasteiger partial charge in [-0.3, -0.25) is 4.79 Å². The molecule has 5 heteroatoms. The Balaban J connectivity index is 2.28. The molecule has 0 spiro atoms. The van der Waals surface area contributed by atoms with Gasteiger partial charge in [-0.25, -0.2) is 0 Å². The number of ether oxygens (including phenoxy) is 4. The Morgan fingerprint density at radius 1 is 1.56 bits per heavy atom. The largest absolute Gasteiger partial charge is 0.466 e. The second-order valence-corrected chi connectivity index (χ2v) is 3.95. The van der Waals surface area contributed by atoms with Gasteiger partial charge in [0.25, 0.3) is 0 Å². The maximum Gasteiger partial charge on any atom is 0.305 e. The molecule has 1 saturated heterocycles. The lowest BCUT2D eigenvalue weighted by Gasteiger charge is -2.22.